The summed E-state index contributed by atoms with van der Waals surface area (Å²) in [6, 6.07) is 6.95. The highest BCUT2D eigenvalue weighted by atomic mass is 79.9. The highest BCUT2D eigenvalue weighted by Gasteiger charge is 2.35. The van der Waals surface area contributed by atoms with E-state index in [1.54, 1.807) is 37.9 Å². The Morgan fingerprint density at radius 2 is 2.00 bits per heavy atom. The molecule has 2 N–H and O–H groups in total. The summed E-state index contributed by atoms with van der Waals surface area (Å²) in [6.45, 7) is 5.90. The molecular formula is C24H27BrN2O5. The van der Waals surface area contributed by atoms with Crippen LogP contribution in [0.3, 0.4) is 0 Å². The molecule has 0 fully saturated rings. The third-order valence-electron chi connectivity index (χ3n) is 4.92. The number of amides is 1. The molecule has 1 atom stereocenters. The highest BCUT2D eigenvalue weighted by Crippen LogP contribution is 2.33. The maximum Gasteiger partial charge on any atom is 0.329 e. The first-order chi connectivity index (χ1) is 15.0. The van der Waals surface area contributed by atoms with Gasteiger partial charge in [-0.2, -0.15) is 0 Å². The molecule has 0 spiro atoms. The second kappa shape index (κ2) is 9.73. The Bertz CT molecular complexity index is 1020. The molecule has 0 saturated heterocycles. The number of carbonyl (C=O) groups excluding carboxylic acids is 3. The van der Waals surface area contributed by atoms with Crippen molar-refractivity contribution in [2.45, 2.75) is 51.9 Å². The molecule has 32 heavy (non-hydrogen) atoms. The first kappa shape index (κ1) is 23.8. The summed E-state index contributed by atoms with van der Waals surface area (Å²) in [5, 5.41) is 0. The minimum atomic E-state index is -0.706. The van der Waals surface area contributed by atoms with Crippen LogP contribution in [0.25, 0.3) is 0 Å². The minimum absolute atomic E-state index is 0.0453. The lowest BCUT2D eigenvalue weighted by molar-refractivity contribution is -0.160. The zero-order chi connectivity index (χ0) is 23.5. The quantitative estimate of drug-likeness (QED) is 0.545. The van der Waals surface area contributed by atoms with E-state index >= 15 is 0 Å². The molecule has 1 aliphatic carbocycles. The van der Waals surface area contributed by atoms with Crippen LogP contribution in [0.15, 0.2) is 64.0 Å². The van der Waals surface area contributed by atoms with Crippen LogP contribution in [-0.4, -0.2) is 40.7 Å². The van der Waals surface area contributed by atoms with Crippen molar-refractivity contribution in [1.82, 2.24) is 4.90 Å². The Morgan fingerprint density at radius 3 is 2.66 bits per heavy atom. The molecule has 0 radical (unpaired) electrons. The minimum Gasteiger partial charge on any atom is -0.484 e. The van der Waals surface area contributed by atoms with E-state index in [-0.39, 0.29) is 31.0 Å². The van der Waals surface area contributed by atoms with Gasteiger partial charge < -0.3 is 20.1 Å². The van der Waals surface area contributed by atoms with Crippen LogP contribution in [0.2, 0.25) is 0 Å². The lowest BCUT2D eigenvalue weighted by Crippen LogP contribution is -2.42. The summed E-state index contributed by atoms with van der Waals surface area (Å²) in [7, 11) is 0. The van der Waals surface area contributed by atoms with Crippen molar-refractivity contribution in [3.63, 3.8) is 0 Å². The Labute approximate surface area is 196 Å². The average Bonchev–Trinajstić information content (AvgIpc) is 3.09. The van der Waals surface area contributed by atoms with E-state index in [1.165, 1.54) is 6.08 Å². The lowest BCUT2D eigenvalue weighted by atomic mass is 10.00. The molecule has 3 rings (SSSR count). The van der Waals surface area contributed by atoms with E-state index in [0.717, 1.165) is 15.6 Å². The van der Waals surface area contributed by atoms with Crippen molar-refractivity contribution in [3.05, 3.63) is 69.6 Å². The molecule has 1 aliphatic heterocycles. The van der Waals surface area contributed by atoms with Crippen LogP contribution in [0.5, 0.6) is 0 Å². The standard InChI is InChI=1S/C24H27BrN2O5/c1-24(2,3)32-23(30)19(8-10-21(26)29)27-12-16-7-9-20(28)22(18(16)13-27)31-14-15-5-4-6-17(25)11-15/h4-7,9,11-12,19H,8,10,13-14H2,1-3H3,(H2,26,29). The van der Waals surface area contributed by atoms with Crippen molar-refractivity contribution < 1.29 is 23.9 Å². The fourth-order valence-electron chi connectivity index (χ4n) is 3.52. The van der Waals surface area contributed by atoms with E-state index in [4.69, 9.17) is 15.2 Å². The van der Waals surface area contributed by atoms with Crippen LogP contribution in [0.1, 0.15) is 39.2 Å². The van der Waals surface area contributed by atoms with Crippen LogP contribution < -0.4 is 5.73 Å². The zero-order valence-electron chi connectivity index (χ0n) is 18.4. The molecular weight excluding hydrogens is 476 g/mol. The van der Waals surface area contributed by atoms with Gasteiger partial charge in [0.2, 0.25) is 11.7 Å². The molecule has 1 unspecified atom stereocenters. The summed E-state index contributed by atoms with van der Waals surface area (Å²) in [4.78, 5) is 38.6. The number of carbonyl (C=O) groups is 3. The van der Waals surface area contributed by atoms with Gasteiger partial charge in [0.25, 0.3) is 0 Å². The molecule has 7 nitrogen and oxygen atoms in total. The SMILES string of the molecule is CC(C)(C)OC(=O)C(CCC(N)=O)N1C=C2C=CC(=O)C(OCc3cccc(Br)c3)=C2C1. The number of rotatable bonds is 8. The Hall–Kier alpha value is -2.87. The molecule has 8 heteroatoms. The predicted octanol–water partition coefficient (Wildman–Crippen LogP) is 3.53. The third-order valence-corrected chi connectivity index (χ3v) is 5.42. The largest absolute Gasteiger partial charge is 0.484 e. The fraction of sp³-hybridized carbons (Fsp3) is 0.375. The van der Waals surface area contributed by atoms with Gasteiger partial charge in [0.05, 0.1) is 0 Å². The number of benzene rings is 1. The number of hydrogen-bond acceptors (Lipinski definition) is 6. The molecule has 2 aliphatic rings. The third kappa shape index (κ3) is 6.09. The molecule has 0 aromatic heterocycles. The van der Waals surface area contributed by atoms with Crippen LogP contribution >= 0.6 is 15.9 Å². The Kier molecular flexibility index (Phi) is 7.23. The van der Waals surface area contributed by atoms with Crippen molar-refractivity contribution in [2.75, 3.05) is 6.54 Å². The lowest BCUT2D eigenvalue weighted by Gasteiger charge is -2.29. The van der Waals surface area contributed by atoms with Crippen molar-refractivity contribution in [3.8, 4) is 0 Å². The second-order valence-corrected chi connectivity index (χ2v) is 9.65. The van der Waals surface area contributed by atoms with Crippen LogP contribution in [-0.2, 0) is 30.5 Å². The van der Waals surface area contributed by atoms with E-state index in [1.807, 2.05) is 24.3 Å². The van der Waals surface area contributed by atoms with Crippen LogP contribution in [0.4, 0.5) is 0 Å². The number of primary amides is 1. The predicted molar refractivity (Wildman–Crippen MR) is 123 cm³/mol. The first-order valence-corrected chi connectivity index (χ1v) is 11.1. The van der Waals surface area contributed by atoms with Gasteiger partial charge in [-0.1, -0.05) is 28.1 Å². The first-order valence-electron chi connectivity index (χ1n) is 10.4. The molecule has 1 aromatic carbocycles. The molecule has 0 bridgehead atoms. The monoisotopic (exact) mass is 502 g/mol. The number of nitrogens with two attached hydrogens (primary N) is 1. The summed E-state index contributed by atoms with van der Waals surface area (Å²) in [6.07, 6.45) is 5.23. The number of hydrogen-bond donors (Lipinski definition) is 1. The van der Waals surface area contributed by atoms with Crippen molar-refractivity contribution in [2.24, 2.45) is 5.73 Å². The maximum atomic E-state index is 12.9. The van der Waals surface area contributed by atoms with Gasteiger partial charge in [-0.3, -0.25) is 9.59 Å². The number of esters is 1. The van der Waals surface area contributed by atoms with Gasteiger partial charge in [-0.15, -0.1) is 0 Å². The highest BCUT2D eigenvalue weighted by molar-refractivity contribution is 9.10. The normalized spacial score (nSPS) is 16.6. The van der Waals surface area contributed by atoms with E-state index in [2.05, 4.69) is 15.9 Å². The summed E-state index contributed by atoms with van der Waals surface area (Å²) < 4.78 is 12.4. The number of allylic oxidation sites excluding steroid dienone is 2. The van der Waals surface area contributed by atoms with Gasteiger partial charge in [-0.25, -0.2) is 4.79 Å². The maximum absolute atomic E-state index is 12.9. The summed E-state index contributed by atoms with van der Waals surface area (Å²) in [5.74, 6) is -0.893. The molecule has 1 heterocycles. The van der Waals surface area contributed by atoms with E-state index < -0.39 is 23.5 Å². The number of ether oxygens (including phenoxy) is 2. The van der Waals surface area contributed by atoms with Gasteiger partial charge in [0.1, 0.15) is 18.2 Å². The van der Waals surface area contributed by atoms with Gasteiger partial charge in [0.15, 0.2) is 5.76 Å². The fourth-order valence-corrected chi connectivity index (χ4v) is 3.97. The van der Waals surface area contributed by atoms with E-state index in [9.17, 15) is 14.4 Å². The molecule has 1 aromatic rings. The number of halogens is 1. The Morgan fingerprint density at radius 1 is 1.25 bits per heavy atom. The average molecular weight is 503 g/mol. The molecule has 170 valence electrons. The van der Waals surface area contributed by atoms with Gasteiger partial charge in [-0.05, 0) is 62.6 Å². The summed E-state index contributed by atoms with van der Waals surface area (Å²) in [5.41, 5.74) is 7.07. The number of fused-ring (bicyclic) bond motifs is 1. The van der Waals surface area contributed by atoms with E-state index in [0.29, 0.717) is 12.1 Å². The number of nitrogens with zero attached hydrogens (tertiary/aromatic N) is 1. The Balaban J connectivity index is 1.82. The summed E-state index contributed by atoms with van der Waals surface area (Å²) >= 11 is 3.43. The van der Waals surface area contributed by atoms with Crippen LogP contribution in [0, 0.1) is 0 Å². The smallest absolute Gasteiger partial charge is 0.329 e. The zero-order valence-corrected chi connectivity index (χ0v) is 20.0. The van der Waals surface area contributed by atoms with Crippen molar-refractivity contribution >= 4 is 33.6 Å². The molecule has 1 amide bonds. The molecule has 0 saturated carbocycles. The van der Waals surface area contributed by atoms with Crippen molar-refractivity contribution in [1.29, 1.82) is 0 Å². The van der Waals surface area contributed by atoms with Gasteiger partial charge in [0, 0.05) is 29.2 Å². The second-order valence-electron chi connectivity index (χ2n) is 8.73. The topological polar surface area (TPSA) is 98.9 Å². The van der Waals surface area contributed by atoms with Gasteiger partial charge >= 0.3 is 5.97 Å². The number of ketones is 1.